The van der Waals surface area contributed by atoms with Crippen molar-refractivity contribution in [3.8, 4) is 17.6 Å². The van der Waals surface area contributed by atoms with Gasteiger partial charge >= 0.3 is 0 Å². The number of methoxy groups -OCH3 is 1. The minimum absolute atomic E-state index is 0.136. The van der Waals surface area contributed by atoms with Crippen LogP contribution in [0, 0.1) is 11.3 Å². The van der Waals surface area contributed by atoms with Crippen molar-refractivity contribution in [2.45, 2.75) is 0 Å². The quantitative estimate of drug-likeness (QED) is 0.314. The van der Waals surface area contributed by atoms with E-state index >= 15 is 0 Å². The molecule has 2 amide bonds. The topological polar surface area (TPSA) is 100 Å². The van der Waals surface area contributed by atoms with Crippen LogP contribution in [-0.4, -0.2) is 25.5 Å². The number of hydrogen-bond acceptors (Lipinski definition) is 5. The van der Waals surface area contributed by atoms with Gasteiger partial charge in [0, 0.05) is 5.69 Å². The lowest BCUT2D eigenvalue weighted by Gasteiger charge is -2.10. The van der Waals surface area contributed by atoms with Gasteiger partial charge in [0.2, 0.25) is 0 Å². The van der Waals surface area contributed by atoms with E-state index in [-0.39, 0.29) is 28.9 Å². The van der Waals surface area contributed by atoms with E-state index in [1.807, 2.05) is 6.07 Å². The van der Waals surface area contributed by atoms with Gasteiger partial charge in [-0.2, -0.15) is 5.26 Å². The van der Waals surface area contributed by atoms with Crippen molar-refractivity contribution in [1.82, 2.24) is 0 Å². The molecule has 0 fully saturated rings. The molecule has 0 saturated carbocycles. The molecule has 2 N–H and O–H groups in total. The summed E-state index contributed by atoms with van der Waals surface area (Å²) in [4.78, 5) is 24.6. The largest absolute Gasteiger partial charge is 0.497 e. The maximum Gasteiger partial charge on any atom is 0.266 e. The number of rotatable bonds is 8. The average Bonchev–Trinajstić information content (AvgIpc) is 2.83. The van der Waals surface area contributed by atoms with Crippen LogP contribution < -0.4 is 20.1 Å². The highest BCUT2D eigenvalue weighted by atomic mass is 35.5. The molecule has 0 aliphatic carbocycles. The SMILES string of the molecule is COc1ccc(NC(=O)COc2ccc(/C=C(\C#N)C(=O)Nc3ccccc3Cl)cc2Cl)cc1. The fourth-order valence-corrected chi connectivity index (χ4v) is 3.23. The molecule has 0 aliphatic heterocycles. The van der Waals surface area contributed by atoms with E-state index in [2.05, 4.69) is 10.6 Å². The molecule has 3 aromatic rings. The molecule has 0 atom stereocenters. The van der Waals surface area contributed by atoms with Crippen molar-refractivity contribution < 1.29 is 19.1 Å². The zero-order chi connectivity index (χ0) is 24.5. The molecule has 34 heavy (non-hydrogen) atoms. The first-order valence-corrected chi connectivity index (χ1v) is 10.7. The molecule has 0 bridgehead atoms. The van der Waals surface area contributed by atoms with Gasteiger partial charge in [-0.3, -0.25) is 9.59 Å². The number of amides is 2. The predicted octanol–water partition coefficient (Wildman–Crippen LogP) is 5.57. The molecule has 0 heterocycles. The van der Waals surface area contributed by atoms with Gasteiger partial charge in [0.15, 0.2) is 6.61 Å². The zero-order valence-corrected chi connectivity index (χ0v) is 19.5. The Labute approximate surface area is 206 Å². The van der Waals surface area contributed by atoms with Gasteiger partial charge in [-0.1, -0.05) is 41.4 Å². The number of benzene rings is 3. The molecule has 0 saturated heterocycles. The third kappa shape index (κ3) is 6.75. The van der Waals surface area contributed by atoms with Crippen LogP contribution in [0.4, 0.5) is 11.4 Å². The Kier molecular flexibility index (Phi) is 8.52. The van der Waals surface area contributed by atoms with Crippen LogP contribution in [0.5, 0.6) is 11.5 Å². The van der Waals surface area contributed by atoms with Crippen molar-refractivity contribution in [3.05, 3.63) is 87.9 Å². The highest BCUT2D eigenvalue weighted by Crippen LogP contribution is 2.27. The first-order chi connectivity index (χ1) is 16.4. The highest BCUT2D eigenvalue weighted by Gasteiger charge is 2.12. The minimum atomic E-state index is -0.609. The van der Waals surface area contributed by atoms with Crippen molar-refractivity contribution in [2.24, 2.45) is 0 Å². The molecule has 0 aliphatic rings. The smallest absolute Gasteiger partial charge is 0.266 e. The van der Waals surface area contributed by atoms with Gasteiger partial charge in [-0.05, 0) is 60.2 Å². The van der Waals surface area contributed by atoms with Crippen LogP contribution in [0.2, 0.25) is 10.0 Å². The van der Waals surface area contributed by atoms with Gasteiger partial charge in [-0.25, -0.2) is 0 Å². The monoisotopic (exact) mass is 495 g/mol. The molecular formula is C25H19Cl2N3O4. The summed E-state index contributed by atoms with van der Waals surface area (Å²) in [6, 6.07) is 20.1. The van der Waals surface area contributed by atoms with E-state index < -0.39 is 5.91 Å². The summed E-state index contributed by atoms with van der Waals surface area (Å²) in [7, 11) is 1.56. The van der Waals surface area contributed by atoms with Crippen molar-refractivity contribution in [3.63, 3.8) is 0 Å². The van der Waals surface area contributed by atoms with Gasteiger partial charge < -0.3 is 20.1 Å². The number of ether oxygens (including phenoxy) is 2. The van der Waals surface area contributed by atoms with Crippen LogP contribution in [0.1, 0.15) is 5.56 Å². The number of anilines is 2. The zero-order valence-electron chi connectivity index (χ0n) is 18.0. The number of nitriles is 1. The Balaban J connectivity index is 1.62. The van der Waals surface area contributed by atoms with E-state index in [0.29, 0.717) is 27.7 Å². The van der Waals surface area contributed by atoms with Crippen LogP contribution in [0.25, 0.3) is 6.08 Å². The number of nitrogens with one attached hydrogen (secondary N) is 2. The first-order valence-electron chi connectivity index (χ1n) is 9.93. The maximum absolute atomic E-state index is 12.4. The molecule has 7 nitrogen and oxygen atoms in total. The van der Waals surface area contributed by atoms with E-state index in [1.165, 1.54) is 12.1 Å². The molecule has 9 heteroatoms. The van der Waals surface area contributed by atoms with Crippen LogP contribution in [0.3, 0.4) is 0 Å². The number of halogens is 2. The summed E-state index contributed by atoms with van der Waals surface area (Å²) in [5.41, 5.74) is 1.36. The Morgan fingerprint density at radius 1 is 1.00 bits per heavy atom. The summed E-state index contributed by atoms with van der Waals surface area (Å²) < 4.78 is 10.6. The molecule has 0 aromatic heterocycles. The summed E-state index contributed by atoms with van der Waals surface area (Å²) in [6.07, 6.45) is 1.39. The Bertz CT molecular complexity index is 1270. The molecule has 0 spiro atoms. The molecule has 3 aromatic carbocycles. The van der Waals surface area contributed by atoms with Gasteiger partial charge in [-0.15, -0.1) is 0 Å². The minimum Gasteiger partial charge on any atom is -0.497 e. The molecular weight excluding hydrogens is 477 g/mol. The highest BCUT2D eigenvalue weighted by molar-refractivity contribution is 6.34. The predicted molar refractivity (Wildman–Crippen MR) is 132 cm³/mol. The summed E-state index contributed by atoms with van der Waals surface area (Å²) >= 11 is 12.3. The average molecular weight is 496 g/mol. The van der Waals surface area contributed by atoms with Crippen molar-refractivity contribution in [1.29, 1.82) is 5.26 Å². The Morgan fingerprint density at radius 3 is 2.38 bits per heavy atom. The number of carbonyl (C=O) groups excluding carboxylic acids is 2. The van der Waals surface area contributed by atoms with Gasteiger partial charge in [0.05, 0.1) is 22.8 Å². The summed E-state index contributed by atoms with van der Waals surface area (Å²) in [5, 5.41) is 15.3. The van der Waals surface area contributed by atoms with Gasteiger partial charge in [0.25, 0.3) is 11.8 Å². The molecule has 0 radical (unpaired) electrons. The second-order valence-corrected chi connectivity index (χ2v) is 7.67. The normalized spacial score (nSPS) is 10.7. The summed E-state index contributed by atoms with van der Waals surface area (Å²) in [6.45, 7) is -0.259. The van der Waals surface area contributed by atoms with E-state index in [0.717, 1.165) is 0 Å². The number of nitrogens with zero attached hydrogens (tertiary/aromatic N) is 1. The third-order valence-corrected chi connectivity index (χ3v) is 5.11. The molecule has 0 unspecified atom stereocenters. The van der Waals surface area contributed by atoms with Crippen LogP contribution in [0.15, 0.2) is 72.3 Å². The van der Waals surface area contributed by atoms with E-state index in [1.54, 1.807) is 67.8 Å². The summed E-state index contributed by atoms with van der Waals surface area (Å²) in [5.74, 6) is -0.0192. The van der Waals surface area contributed by atoms with E-state index in [9.17, 15) is 14.9 Å². The molecule has 172 valence electrons. The Morgan fingerprint density at radius 2 is 1.74 bits per heavy atom. The lowest BCUT2D eigenvalue weighted by Crippen LogP contribution is -2.20. The van der Waals surface area contributed by atoms with Crippen molar-refractivity contribution in [2.75, 3.05) is 24.4 Å². The van der Waals surface area contributed by atoms with Gasteiger partial charge in [0.1, 0.15) is 23.1 Å². The van der Waals surface area contributed by atoms with Crippen LogP contribution >= 0.6 is 23.2 Å². The standard InChI is InChI=1S/C25H19Cl2N3O4/c1-33-19-9-7-18(8-10-19)29-24(31)15-34-23-11-6-16(13-21(23)27)12-17(14-28)25(32)30-22-5-3-2-4-20(22)26/h2-13H,15H2,1H3,(H,29,31)(H,30,32)/b17-12+. The fraction of sp³-hybridized carbons (Fsp3) is 0.0800. The molecule has 3 rings (SSSR count). The number of carbonyl (C=O) groups is 2. The lowest BCUT2D eigenvalue weighted by molar-refractivity contribution is -0.118. The second-order valence-electron chi connectivity index (χ2n) is 6.86. The number of para-hydroxylation sites is 1. The lowest BCUT2D eigenvalue weighted by atomic mass is 10.1. The van der Waals surface area contributed by atoms with E-state index in [4.69, 9.17) is 32.7 Å². The maximum atomic E-state index is 12.4. The van der Waals surface area contributed by atoms with Crippen LogP contribution in [-0.2, 0) is 9.59 Å². The number of hydrogen-bond donors (Lipinski definition) is 2. The Hall–Kier alpha value is -3.99. The van der Waals surface area contributed by atoms with Crippen molar-refractivity contribution >= 4 is 52.5 Å². The first kappa shape index (κ1) is 24.6. The fourth-order valence-electron chi connectivity index (χ4n) is 2.81. The second kappa shape index (κ2) is 11.8. The third-order valence-electron chi connectivity index (χ3n) is 4.49.